The SMILES string of the molecule is Oc1ccc(NC(c2ccc(Cl)cc2)C2CC2)cc1Cl. The summed E-state index contributed by atoms with van der Waals surface area (Å²) >= 11 is 11.9. The quantitative estimate of drug-likeness (QED) is 0.755. The minimum atomic E-state index is 0.103. The van der Waals surface area contributed by atoms with E-state index in [4.69, 9.17) is 23.2 Å². The Kier molecular flexibility index (Phi) is 3.77. The Balaban J connectivity index is 1.84. The zero-order valence-corrected chi connectivity index (χ0v) is 12.3. The van der Waals surface area contributed by atoms with E-state index in [2.05, 4.69) is 17.4 Å². The van der Waals surface area contributed by atoms with Crippen molar-refractivity contribution < 1.29 is 5.11 Å². The maximum absolute atomic E-state index is 9.47. The number of aromatic hydroxyl groups is 1. The summed E-state index contributed by atoms with van der Waals surface area (Å²) in [6, 6.07) is 13.4. The molecule has 1 aliphatic carbocycles. The Morgan fingerprint density at radius 1 is 1.05 bits per heavy atom. The molecule has 2 nitrogen and oxygen atoms in total. The summed E-state index contributed by atoms with van der Waals surface area (Å²) in [5, 5.41) is 14.1. The van der Waals surface area contributed by atoms with Gasteiger partial charge in [0.1, 0.15) is 5.75 Å². The molecule has 2 N–H and O–H groups in total. The molecule has 3 rings (SSSR count). The first-order chi connectivity index (χ1) is 9.63. The van der Waals surface area contributed by atoms with Gasteiger partial charge in [0, 0.05) is 10.7 Å². The van der Waals surface area contributed by atoms with Gasteiger partial charge in [-0.05, 0) is 54.7 Å². The van der Waals surface area contributed by atoms with Gasteiger partial charge in [0.15, 0.2) is 0 Å². The molecule has 0 amide bonds. The molecule has 0 saturated heterocycles. The summed E-state index contributed by atoms with van der Waals surface area (Å²) in [5.74, 6) is 0.746. The summed E-state index contributed by atoms with van der Waals surface area (Å²) in [6.45, 7) is 0. The van der Waals surface area contributed by atoms with Crippen molar-refractivity contribution in [1.29, 1.82) is 0 Å². The van der Waals surface area contributed by atoms with Crippen LogP contribution in [-0.2, 0) is 0 Å². The first-order valence-electron chi connectivity index (χ1n) is 6.64. The van der Waals surface area contributed by atoms with Gasteiger partial charge < -0.3 is 10.4 Å². The third-order valence-electron chi connectivity index (χ3n) is 3.59. The van der Waals surface area contributed by atoms with Crippen LogP contribution in [-0.4, -0.2) is 5.11 Å². The zero-order valence-electron chi connectivity index (χ0n) is 10.8. The molecule has 1 unspecified atom stereocenters. The molecule has 0 bridgehead atoms. The Bertz CT molecular complexity index is 608. The predicted octanol–water partition coefficient (Wildman–Crippen LogP) is 5.26. The molecular weight excluding hydrogens is 293 g/mol. The number of nitrogens with one attached hydrogen (secondary N) is 1. The first kappa shape index (κ1) is 13.6. The van der Waals surface area contributed by atoms with E-state index in [1.807, 2.05) is 18.2 Å². The average molecular weight is 308 g/mol. The van der Waals surface area contributed by atoms with Gasteiger partial charge in [-0.25, -0.2) is 0 Å². The van der Waals surface area contributed by atoms with E-state index in [-0.39, 0.29) is 11.8 Å². The second kappa shape index (κ2) is 5.55. The van der Waals surface area contributed by atoms with Gasteiger partial charge in [-0.3, -0.25) is 0 Å². The van der Waals surface area contributed by atoms with Crippen molar-refractivity contribution in [3.63, 3.8) is 0 Å². The van der Waals surface area contributed by atoms with Gasteiger partial charge in [0.05, 0.1) is 11.1 Å². The molecule has 1 fully saturated rings. The summed E-state index contributed by atoms with van der Waals surface area (Å²) in [4.78, 5) is 0. The summed E-state index contributed by atoms with van der Waals surface area (Å²) in [6.07, 6.45) is 2.46. The van der Waals surface area contributed by atoms with Crippen molar-refractivity contribution in [2.75, 3.05) is 5.32 Å². The molecule has 1 aliphatic rings. The van der Waals surface area contributed by atoms with Crippen LogP contribution >= 0.6 is 23.2 Å². The lowest BCUT2D eigenvalue weighted by atomic mass is 10.0. The van der Waals surface area contributed by atoms with Crippen LogP contribution in [0.15, 0.2) is 42.5 Å². The van der Waals surface area contributed by atoms with Gasteiger partial charge >= 0.3 is 0 Å². The Labute approximate surface area is 128 Å². The number of benzene rings is 2. The lowest BCUT2D eigenvalue weighted by Crippen LogP contribution is -2.12. The molecule has 0 heterocycles. The fourth-order valence-corrected chi connectivity index (χ4v) is 2.66. The van der Waals surface area contributed by atoms with Crippen molar-refractivity contribution in [2.24, 2.45) is 5.92 Å². The minimum Gasteiger partial charge on any atom is -0.506 e. The van der Waals surface area contributed by atoms with E-state index in [0.717, 1.165) is 10.7 Å². The van der Waals surface area contributed by atoms with Crippen LogP contribution in [0.25, 0.3) is 0 Å². The van der Waals surface area contributed by atoms with E-state index < -0.39 is 0 Å². The van der Waals surface area contributed by atoms with Crippen LogP contribution in [0.2, 0.25) is 10.0 Å². The van der Waals surface area contributed by atoms with Crippen LogP contribution in [0.3, 0.4) is 0 Å². The van der Waals surface area contributed by atoms with E-state index in [1.165, 1.54) is 18.4 Å². The fraction of sp³-hybridized carbons (Fsp3) is 0.250. The average Bonchev–Trinajstić information content (AvgIpc) is 3.26. The van der Waals surface area contributed by atoms with Gasteiger partial charge in [0.25, 0.3) is 0 Å². The highest BCUT2D eigenvalue weighted by atomic mass is 35.5. The second-order valence-electron chi connectivity index (χ2n) is 5.18. The van der Waals surface area contributed by atoms with E-state index in [0.29, 0.717) is 10.9 Å². The van der Waals surface area contributed by atoms with E-state index >= 15 is 0 Å². The molecule has 104 valence electrons. The first-order valence-corrected chi connectivity index (χ1v) is 7.39. The molecule has 1 saturated carbocycles. The van der Waals surface area contributed by atoms with Crippen molar-refractivity contribution in [1.82, 2.24) is 0 Å². The highest BCUT2D eigenvalue weighted by molar-refractivity contribution is 6.32. The smallest absolute Gasteiger partial charge is 0.134 e. The largest absolute Gasteiger partial charge is 0.506 e. The van der Waals surface area contributed by atoms with Gasteiger partial charge in [-0.2, -0.15) is 0 Å². The molecule has 20 heavy (non-hydrogen) atoms. The maximum atomic E-state index is 9.47. The molecule has 2 aromatic carbocycles. The second-order valence-corrected chi connectivity index (χ2v) is 6.02. The van der Waals surface area contributed by atoms with Crippen molar-refractivity contribution in [2.45, 2.75) is 18.9 Å². The summed E-state index contributed by atoms with van der Waals surface area (Å²) < 4.78 is 0. The number of phenols is 1. The standard InChI is InChI=1S/C16H15Cl2NO/c17-12-5-3-11(4-6-12)16(10-1-2-10)19-13-7-8-15(20)14(18)9-13/h3-10,16,19-20H,1-2H2. The number of halogens is 2. The van der Waals surface area contributed by atoms with Crippen LogP contribution in [0.1, 0.15) is 24.4 Å². The van der Waals surface area contributed by atoms with Crippen molar-refractivity contribution in [3.8, 4) is 5.75 Å². The molecular formula is C16H15Cl2NO. The van der Waals surface area contributed by atoms with E-state index in [1.54, 1.807) is 12.1 Å². The van der Waals surface area contributed by atoms with Crippen molar-refractivity contribution in [3.05, 3.63) is 58.1 Å². The molecule has 4 heteroatoms. The maximum Gasteiger partial charge on any atom is 0.134 e. The molecule has 0 spiro atoms. The molecule has 2 aromatic rings. The predicted molar refractivity (Wildman–Crippen MR) is 83.7 cm³/mol. The summed E-state index contributed by atoms with van der Waals surface area (Å²) in [7, 11) is 0. The molecule has 0 aliphatic heterocycles. The van der Waals surface area contributed by atoms with Crippen LogP contribution in [0.5, 0.6) is 5.75 Å². The number of hydrogen-bond acceptors (Lipinski definition) is 2. The number of rotatable bonds is 4. The lowest BCUT2D eigenvalue weighted by Gasteiger charge is -2.20. The third-order valence-corrected chi connectivity index (χ3v) is 4.15. The normalized spacial score (nSPS) is 15.9. The Morgan fingerprint density at radius 3 is 2.35 bits per heavy atom. The number of hydrogen-bond donors (Lipinski definition) is 2. The third kappa shape index (κ3) is 3.02. The minimum absolute atomic E-state index is 0.103. The van der Waals surface area contributed by atoms with Gasteiger partial charge in [0.2, 0.25) is 0 Å². The number of phenolic OH excluding ortho intramolecular Hbond substituents is 1. The van der Waals surface area contributed by atoms with Crippen molar-refractivity contribution >= 4 is 28.9 Å². The molecule has 0 aromatic heterocycles. The molecule has 1 atom stereocenters. The molecule has 0 radical (unpaired) electrons. The van der Waals surface area contributed by atoms with Gasteiger partial charge in [-0.1, -0.05) is 35.3 Å². The Morgan fingerprint density at radius 2 is 1.75 bits per heavy atom. The summed E-state index contributed by atoms with van der Waals surface area (Å²) in [5.41, 5.74) is 2.14. The van der Waals surface area contributed by atoms with Crippen LogP contribution in [0.4, 0.5) is 5.69 Å². The highest BCUT2D eigenvalue weighted by Gasteiger charge is 2.32. The highest BCUT2D eigenvalue weighted by Crippen LogP contribution is 2.43. The van der Waals surface area contributed by atoms with E-state index in [9.17, 15) is 5.11 Å². The van der Waals surface area contributed by atoms with Crippen LogP contribution in [0, 0.1) is 5.92 Å². The lowest BCUT2D eigenvalue weighted by molar-refractivity contribution is 0.475. The fourth-order valence-electron chi connectivity index (χ4n) is 2.35. The monoisotopic (exact) mass is 307 g/mol. The topological polar surface area (TPSA) is 32.3 Å². The zero-order chi connectivity index (χ0) is 14.1. The number of anilines is 1. The Hall–Kier alpha value is -1.38. The van der Waals surface area contributed by atoms with Crippen LogP contribution < -0.4 is 5.32 Å². The van der Waals surface area contributed by atoms with Gasteiger partial charge in [-0.15, -0.1) is 0 Å².